The lowest BCUT2D eigenvalue weighted by Crippen LogP contribution is -1.99. The van der Waals surface area contributed by atoms with Crippen molar-refractivity contribution in [2.24, 2.45) is 0 Å². The van der Waals surface area contributed by atoms with Crippen LogP contribution in [0.3, 0.4) is 0 Å². The van der Waals surface area contributed by atoms with Crippen LogP contribution in [0, 0.1) is 0 Å². The van der Waals surface area contributed by atoms with Crippen molar-refractivity contribution in [3.8, 4) is 0 Å². The molecule has 0 saturated carbocycles. The van der Waals surface area contributed by atoms with Crippen molar-refractivity contribution in [1.29, 1.82) is 0 Å². The van der Waals surface area contributed by atoms with Gasteiger partial charge in [-0.05, 0) is 32.4 Å². The van der Waals surface area contributed by atoms with Gasteiger partial charge in [-0.3, -0.25) is 0 Å². The molecule has 0 spiro atoms. The van der Waals surface area contributed by atoms with E-state index in [-0.39, 0.29) is 0 Å². The first-order valence-corrected chi connectivity index (χ1v) is 4.79. The summed E-state index contributed by atoms with van der Waals surface area (Å²) < 4.78 is 10.7. The van der Waals surface area contributed by atoms with Gasteiger partial charge in [0.2, 0.25) is 0 Å². The molecule has 0 aromatic rings. The van der Waals surface area contributed by atoms with Crippen molar-refractivity contribution in [2.75, 3.05) is 13.7 Å². The van der Waals surface area contributed by atoms with E-state index in [2.05, 4.69) is 6.92 Å². The van der Waals surface area contributed by atoms with Gasteiger partial charge in [-0.25, -0.2) is 0 Å². The maximum Gasteiger partial charge on any atom is 0.156 e. The maximum absolute atomic E-state index is 5.54. The third-order valence-electron chi connectivity index (χ3n) is 1.74. The third-order valence-corrected chi connectivity index (χ3v) is 1.74. The molecule has 2 heteroatoms. The molecule has 0 fully saturated rings. The van der Waals surface area contributed by atoms with Gasteiger partial charge < -0.3 is 9.47 Å². The molecule has 13 heavy (non-hydrogen) atoms. The molecule has 0 atom stereocenters. The van der Waals surface area contributed by atoms with Gasteiger partial charge in [0, 0.05) is 0 Å². The molecule has 0 aliphatic rings. The summed E-state index contributed by atoms with van der Waals surface area (Å²) in [6.45, 7) is 6.79. The molecule has 0 aliphatic carbocycles. The highest BCUT2D eigenvalue weighted by atomic mass is 16.5. The molecule has 0 rings (SSSR count). The summed E-state index contributed by atoms with van der Waals surface area (Å²) in [4.78, 5) is 0. The van der Waals surface area contributed by atoms with Crippen LogP contribution < -0.4 is 0 Å². The Hall–Kier alpha value is -0.920. The fourth-order valence-corrected chi connectivity index (χ4v) is 0.984. The Morgan fingerprint density at radius 2 is 1.77 bits per heavy atom. The summed E-state index contributed by atoms with van der Waals surface area (Å²) in [6, 6.07) is 0. The molecule has 0 unspecified atom stereocenters. The number of allylic oxidation sites excluding steroid dienone is 2. The minimum absolute atomic E-state index is 0.761. The summed E-state index contributed by atoms with van der Waals surface area (Å²) in [7, 11) is 1.65. The summed E-state index contributed by atoms with van der Waals surface area (Å²) >= 11 is 0. The first kappa shape index (κ1) is 12.1. The Balaban J connectivity index is 4.04. The van der Waals surface area contributed by atoms with Crippen LogP contribution >= 0.6 is 0 Å². The van der Waals surface area contributed by atoms with Crippen LogP contribution in [-0.4, -0.2) is 13.7 Å². The fourth-order valence-electron chi connectivity index (χ4n) is 0.984. The van der Waals surface area contributed by atoms with E-state index < -0.39 is 0 Å². The predicted molar refractivity (Wildman–Crippen MR) is 55.4 cm³/mol. The quantitative estimate of drug-likeness (QED) is 0.358. The van der Waals surface area contributed by atoms with Gasteiger partial charge in [-0.2, -0.15) is 0 Å². The number of rotatable bonds is 6. The van der Waals surface area contributed by atoms with Gasteiger partial charge >= 0.3 is 0 Å². The second-order valence-electron chi connectivity index (χ2n) is 2.71. The van der Waals surface area contributed by atoms with Gasteiger partial charge in [0.25, 0.3) is 0 Å². The lowest BCUT2D eigenvalue weighted by atomic mass is 10.3. The van der Waals surface area contributed by atoms with Crippen LogP contribution in [-0.2, 0) is 9.47 Å². The summed E-state index contributed by atoms with van der Waals surface area (Å²) in [5, 5.41) is 0. The van der Waals surface area contributed by atoms with E-state index in [9.17, 15) is 0 Å². The smallest absolute Gasteiger partial charge is 0.156 e. The highest BCUT2D eigenvalue weighted by Gasteiger charge is 2.03. The summed E-state index contributed by atoms with van der Waals surface area (Å²) in [6.07, 6.45) is 6.06. The molecule has 0 aliphatic heterocycles. The Kier molecular flexibility index (Phi) is 7.17. The molecule has 0 saturated heterocycles. The van der Waals surface area contributed by atoms with E-state index in [0.717, 1.165) is 31.0 Å². The Bertz CT molecular complexity index is 181. The first-order chi connectivity index (χ1) is 6.29. The normalized spacial score (nSPS) is 12.9. The highest BCUT2D eigenvalue weighted by Crippen LogP contribution is 2.12. The van der Waals surface area contributed by atoms with Crippen molar-refractivity contribution in [3.63, 3.8) is 0 Å². The number of methoxy groups -OCH3 is 1. The van der Waals surface area contributed by atoms with E-state index in [0.29, 0.717) is 0 Å². The lowest BCUT2D eigenvalue weighted by Gasteiger charge is -2.11. The highest BCUT2D eigenvalue weighted by molar-refractivity contribution is 5.18. The van der Waals surface area contributed by atoms with Crippen molar-refractivity contribution >= 4 is 0 Å². The summed E-state index contributed by atoms with van der Waals surface area (Å²) in [5.74, 6) is 1.64. The van der Waals surface area contributed by atoms with Crippen LogP contribution in [0.15, 0.2) is 23.7 Å². The standard InChI is InChI=1S/C11H20O2/c1-5-8-9-13-11(7-3)10(6-2)12-4/h6-7H,5,8-9H2,1-4H3. The number of hydrogen-bond donors (Lipinski definition) is 0. The molecule has 0 bridgehead atoms. The SMILES string of the molecule is CC=C(OC)C(=CC)OCCCC. The zero-order chi connectivity index (χ0) is 10.1. The van der Waals surface area contributed by atoms with Crippen LogP contribution in [0.2, 0.25) is 0 Å². The van der Waals surface area contributed by atoms with Gasteiger partial charge in [0.1, 0.15) is 0 Å². The minimum atomic E-state index is 0.761. The zero-order valence-corrected chi connectivity index (χ0v) is 9.09. The largest absolute Gasteiger partial charge is 0.493 e. The Morgan fingerprint density at radius 3 is 2.15 bits per heavy atom. The van der Waals surface area contributed by atoms with Gasteiger partial charge in [-0.15, -0.1) is 0 Å². The monoisotopic (exact) mass is 184 g/mol. The van der Waals surface area contributed by atoms with Crippen LogP contribution in [0.1, 0.15) is 33.6 Å². The minimum Gasteiger partial charge on any atom is -0.493 e. The molecule has 0 amide bonds. The molecule has 0 radical (unpaired) electrons. The second kappa shape index (κ2) is 7.71. The number of unbranched alkanes of at least 4 members (excludes halogenated alkanes) is 1. The van der Waals surface area contributed by atoms with Gasteiger partial charge in [0.15, 0.2) is 11.5 Å². The van der Waals surface area contributed by atoms with Crippen molar-refractivity contribution in [1.82, 2.24) is 0 Å². The van der Waals surface area contributed by atoms with Gasteiger partial charge in [-0.1, -0.05) is 13.3 Å². The van der Waals surface area contributed by atoms with E-state index in [1.807, 2.05) is 26.0 Å². The topological polar surface area (TPSA) is 18.5 Å². The second-order valence-corrected chi connectivity index (χ2v) is 2.71. The lowest BCUT2D eigenvalue weighted by molar-refractivity contribution is 0.172. The molecule has 0 heterocycles. The van der Waals surface area contributed by atoms with Gasteiger partial charge in [0.05, 0.1) is 13.7 Å². The molecular weight excluding hydrogens is 164 g/mol. The molecule has 76 valence electrons. The van der Waals surface area contributed by atoms with E-state index in [4.69, 9.17) is 9.47 Å². The third kappa shape index (κ3) is 4.61. The Labute approximate surface area is 81.2 Å². The first-order valence-electron chi connectivity index (χ1n) is 4.79. The molecule has 0 aromatic carbocycles. The fraction of sp³-hybridized carbons (Fsp3) is 0.636. The average molecular weight is 184 g/mol. The van der Waals surface area contributed by atoms with E-state index in [1.165, 1.54) is 0 Å². The Morgan fingerprint density at radius 1 is 1.15 bits per heavy atom. The predicted octanol–water partition coefficient (Wildman–Crippen LogP) is 3.26. The van der Waals surface area contributed by atoms with Crippen molar-refractivity contribution in [3.05, 3.63) is 23.7 Å². The van der Waals surface area contributed by atoms with Crippen LogP contribution in [0.5, 0.6) is 0 Å². The van der Waals surface area contributed by atoms with Crippen LogP contribution in [0.4, 0.5) is 0 Å². The molecular formula is C11H20O2. The molecule has 0 N–H and O–H groups in total. The zero-order valence-electron chi connectivity index (χ0n) is 9.09. The van der Waals surface area contributed by atoms with E-state index in [1.54, 1.807) is 7.11 Å². The average Bonchev–Trinajstić information content (AvgIpc) is 2.17. The molecule has 0 aromatic heterocycles. The number of hydrogen-bond acceptors (Lipinski definition) is 2. The van der Waals surface area contributed by atoms with Crippen LogP contribution in [0.25, 0.3) is 0 Å². The molecule has 2 nitrogen and oxygen atoms in total. The van der Waals surface area contributed by atoms with E-state index >= 15 is 0 Å². The van der Waals surface area contributed by atoms with Crippen molar-refractivity contribution in [2.45, 2.75) is 33.6 Å². The summed E-state index contributed by atoms with van der Waals surface area (Å²) in [5.41, 5.74) is 0. The number of ether oxygens (including phenoxy) is 2. The maximum atomic E-state index is 5.54. The van der Waals surface area contributed by atoms with Crippen molar-refractivity contribution < 1.29 is 9.47 Å².